The minimum absolute atomic E-state index is 0.194. The van der Waals surface area contributed by atoms with Crippen molar-refractivity contribution >= 4 is 5.91 Å². The smallest absolute Gasteiger partial charge is 0.240 e. The second-order valence-corrected chi connectivity index (χ2v) is 5.20. The highest BCUT2D eigenvalue weighted by Crippen LogP contribution is 2.28. The van der Waals surface area contributed by atoms with Crippen LogP contribution in [0.3, 0.4) is 0 Å². The van der Waals surface area contributed by atoms with Crippen molar-refractivity contribution in [1.82, 2.24) is 10.6 Å². The van der Waals surface area contributed by atoms with Gasteiger partial charge < -0.3 is 10.6 Å². The van der Waals surface area contributed by atoms with E-state index in [0.29, 0.717) is 0 Å². The first kappa shape index (κ1) is 10.9. The third-order valence-electron chi connectivity index (χ3n) is 3.93. The Morgan fingerprint density at radius 2 is 2.27 bits per heavy atom. The van der Waals surface area contributed by atoms with Crippen molar-refractivity contribution in [2.24, 2.45) is 5.92 Å². The molecule has 1 heterocycles. The van der Waals surface area contributed by atoms with Crippen molar-refractivity contribution in [2.45, 2.75) is 51.0 Å². The highest BCUT2D eigenvalue weighted by molar-refractivity contribution is 5.86. The van der Waals surface area contributed by atoms with Crippen LogP contribution in [0.5, 0.6) is 0 Å². The monoisotopic (exact) mass is 210 g/mol. The third kappa shape index (κ3) is 2.51. The minimum atomic E-state index is -0.292. The maximum absolute atomic E-state index is 11.9. The molecule has 2 aliphatic rings. The molecule has 0 spiro atoms. The van der Waals surface area contributed by atoms with Gasteiger partial charge in [-0.15, -0.1) is 0 Å². The van der Waals surface area contributed by atoms with Gasteiger partial charge in [-0.05, 0) is 38.6 Å². The van der Waals surface area contributed by atoms with Gasteiger partial charge in [-0.3, -0.25) is 4.79 Å². The molecule has 1 aliphatic heterocycles. The zero-order valence-electron chi connectivity index (χ0n) is 9.64. The Hall–Kier alpha value is -0.570. The normalized spacial score (nSPS) is 31.3. The van der Waals surface area contributed by atoms with Gasteiger partial charge in [0.1, 0.15) is 0 Å². The molecule has 1 atom stereocenters. The summed E-state index contributed by atoms with van der Waals surface area (Å²) in [5, 5.41) is 6.35. The molecule has 15 heavy (non-hydrogen) atoms. The summed E-state index contributed by atoms with van der Waals surface area (Å²) < 4.78 is 0. The highest BCUT2D eigenvalue weighted by Gasteiger charge is 2.35. The van der Waals surface area contributed by atoms with E-state index < -0.39 is 0 Å². The fourth-order valence-electron chi connectivity index (χ4n) is 2.45. The first-order chi connectivity index (χ1) is 7.21. The number of hydrogen-bond acceptors (Lipinski definition) is 2. The third-order valence-corrected chi connectivity index (χ3v) is 3.93. The maximum Gasteiger partial charge on any atom is 0.240 e. The van der Waals surface area contributed by atoms with Crippen LogP contribution < -0.4 is 10.6 Å². The SMILES string of the molecule is CC1(C(=O)NCCC2CCC2)CCCN1. The predicted molar refractivity (Wildman–Crippen MR) is 60.6 cm³/mol. The average Bonchev–Trinajstić information content (AvgIpc) is 2.58. The van der Waals surface area contributed by atoms with Crippen LogP contribution in [-0.2, 0) is 4.79 Å². The van der Waals surface area contributed by atoms with Crippen LogP contribution in [0.4, 0.5) is 0 Å². The molecular formula is C12H22N2O. The molecule has 1 saturated carbocycles. The highest BCUT2D eigenvalue weighted by atomic mass is 16.2. The van der Waals surface area contributed by atoms with E-state index in [1.165, 1.54) is 25.7 Å². The molecule has 2 fully saturated rings. The Kier molecular flexibility index (Phi) is 3.29. The van der Waals surface area contributed by atoms with Gasteiger partial charge in [-0.25, -0.2) is 0 Å². The lowest BCUT2D eigenvalue weighted by Crippen LogP contribution is -2.51. The van der Waals surface area contributed by atoms with Gasteiger partial charge in [-0.2, -0.15) is 0 Å². The quantitative estimate of drug-likeness (QED) is 0.737. The van der Waals surface area contributed by atoms with Crippen LogP contribution in [0.2, 0.25) is 0 Å². The summed E-state index contributed by atoms with van der Waals surface area (Å²) in [6.45, 7) is 3.85. The number of nitrogens with one attached hydrogen (secondary N) is 2. The molecule has 0 bridgehead atoms. The summed E-state index contributed by atoms with van der Waals surface area (Å²) in [5.41, 5.74) is -0.292. The summed E-state index contributed by atoms with van der Waals surface area (Å²) in [6.07, 6.45) is 7.38. The van der Waals surface area contributed by atoms with E-state index >= 15 is 0 Å². The number of amides is 1. The Balaban J connectivity index is 1.67. The van der Waals surface area contributed by atoms with E-state index in [9.17, 15) is 4.79 Å². The van der Waals surface area contributed by atoms with Crippen molar-refractivity contribution in [1.29, 1.82) is 0 Å². The molecule has 2 N–H and O–H groups in total. The summed E-state index contributed by atoms with van der Waals surface area (Å²) in [5.74, 6) is 1.08. The molecule has 3 nitrogen and oxygen atoms in total. The molecule has 0 radical (unpaired) electrons. The van der Waals surface area contributed by atoms with Crippen molar-refractivity contribution in [3.63, 3.8) is 0 Å². The Bertz CT molecular complexity index is 230. The predicted octanol–water partition coefficient (Wildman–Crippen LogP) is 1.43. The van der Waals surface area contributed by atoms with E-state index in [2.05, 4.69) is 10.6 Å². The molecule has 2 rings (SSSR count). The summed E-state index contributed by atoms with van der Waals surface area (Å²) in [6, 6.07) is 0. The molecule has 0 aromatic carbocycles. The lowest BCUT2D eigenvalue weighted by molar-refractivity contribution is -0.126. The lowest BCUT2D eigenvalue weighted by atomic mass is 9.83. The van der Waals surface area contributed by atoms with Crippen LogP contribution in [0.1, 0.15) is 45.4 Å². The van der Waals surface area contributed by atoms with Crippen LogP contribution in [-0.4, -0.2) is 24.5 Å². The molecule has 3 heteroatoms. The molecule has 86 valence electrons. The molecule has 1 amide bonds. The molecule has 1 aliphatic carbocycles. The molecule has 1 unspecified atom stereocenters. The summed E-state index contributed by atoms with van der Waals surface area (Å²) in [4.78, 5) is 11.9. The van der Waals surface area contributed by atoms with Gasteiger partial charge in [-0.1, -0.05) is 19.3 Å². The Morgan fingerprint density at radius 3 is 2.80 bits per heavy atom. The van der Waals surface area contributed by atoms with Gasteiger partial charge in [0.25, 0.3) is 0 Å². The lowest BCUT2D eigenvalue weighted by Gasteiger charge is -2.27. The minimum Gasteiger partial charge on any atom is -0.354 e. The summed E-state index contributed by atoms with van der Waals surface area (Å²) in [7, 11) is 0. The number of rotatable bonds is 4. The Labute approximate surface area is 92.0 Å². The van der Waals surface area contributed by atoms with Crippen molar-refractivity contribution < 1.29 is 4.79 Å². The van der Waals surface area contributed by atoms with Gasteiger partial charge in [0.05, 0.1) is 5.54 Å². The van der Waals surface area contributed by atoms with Gasteiger partial charge >= 0.3 is 0 Å². The van der Waals surface area contributed by atoms with Gasteiger partial charge in [0.2, 0.25) is 5.91 Å². The van der Waals surface area contributed by atoms with E-state index in [1.54, 1.807) is 0 Å². The molecule has 0 aromatic rings. The molecular weight excluding hydrogens is 188 g/mol. The average molecular weight is 210 g/mol. The molecule has 1 saturated heterocycles. The van der Waals surface area contributed by atoms with E-state index in [4.69, 9.17) is 0 Å². The zero-order valence-corrected chi connectivity index (χ0v) is 9.64. The van der Waals surface area contributed by atoms with Crippen molar-refractivity contribution in [3.05, 3.63) is 0 Å². The zero-order chi connectivity index (χ0) is 10.7. The van der Waals surface area contributed by atoms with E-state index in [-0.39, 0.29) is 11.4 Å². The largest absolute Gasteiger partial charge is 0.354 e. The summed E-state index contributed by atoms with van der Waals surface area (Å²) >= 11 is 0. The first-order valence-electron chi connectivity index (χ1n) is 6.24. The van der Waals surface area contributed by atoms with Gasteiger partial charge in [0.15, 0.2) is 0 Å². The van der Waals surface area contributed by atoms with Crippen LogP contribution >= 0.6 is 0 Å². The van der Waals surface area contributed by atoms with E-state index in [1.807, 2.05) is 6.92 Å². The maximum atomic E-state index is 11.9. The number of hydrogen-bond donors (Lipinski definition) is 2. The first-order valence-corrected chi connectivity index (χ1v) is 6.24. The van der Waals surface area contributed by atoms with Crippen LogP contribution in [0.25, 0.3) is 0 Å². The Morgan fingerprint density at radius 1 is 1.47 bits per heavy atom. The second-order valence-electron chi connectivity index (χ2n) is 5.20. The number of carbonyl (C=O) groups excluding carboxylic acids is 1. The standard InChI is InChI=1S/C12H22N2O/c1-12(7-3-8-14-12)11(15)13-9-6-10-4-2-5-10/h10,14H,2-9H2,1H3,(H,13,15). The van der Waals surface area contributed by atoms with Gasteiger partial charge in [0, 0.05) is 6.54 Å². The fraction of sp³-hybridized carbons (Fsp3) is 0.917. The van der Waals surface area contributed by atoms with Crippen LogP contribution in [0.15, 0.2) is 0 Å². The molecule has 0 aromatic heterocycles. The van der Waals surface area contributed by atoms with Crippen molar-refractivity contribution in [2.75, 3.05) is 13.1 Å². The second kappa shape index (κ2) is 4.52. The topological polar surface area (TPSA) is 41.1 Å². The van der Waals surface area contributed by atoms with Crippen LogP contribution in [0, 0.1) is 5.92 Å². The fourth-order valence-corrected chi connectivity index (χ4v) is 2.45. The van der Waals surface area contributed by atoms with E-state index in [0.717, 1.165) is 31.8 Å². The van der Waals surface area contributed by atoms with Crippen molar-refractivity contribution in [3.8, 4) is 0 Å². The number of carbonyl (C=O) groups is 1.